The summed E-state index contributed by atoms with van der Waals surface area (Å²) >= 11 is 11.5. The van der Waals surface area contributed by atoms with Gasteiger partial charge in [0.05, 0.1) is 15.6 Å². The van der Waals surface area contributed by atoms with Crippen LogP contribution in [0.4, 0.5) is 13.2 Å². The molecule has 0 aliphatic heterocycles. The molecule has 0 fully saturated rings. The molecule has 1 aromatic carbocycles. The largest absolute Gasteiger partial charge is 0.506 e. The quantitative estimate of drug-likeness (QED) is 0.822. The Kier molecular flexibility index (Phi) is 3.60. The highest BCUT2D eigenvalue weighted by Crippen LogP contribution is 2.36. The number of halogens is 5. The summed E-state index contributed by atoms with van der Waals surface area (Å²) in [6.45, 7) is 0. The number of hydrogen-bond donors (Lipinski definition) is 1. The number of rotatable bonds is 1. The van der Waals surface area contributed by atoms with Gasteiger partial charge in [-0.15, -0.1) is 0 Å². The molecule has 2 nitrogen and oxygen atoms in total. The average Bonchev–Trinajstić information content (AvgIpc) is 2.31. The van der Waals surface area contributed by atoms with Crippen LogP contribution in [0, 0.1) is 0 Å². The van der Waals surface area contributed by atoms with Crippen molar-refractivity contribution in [3.05, 3.63) is 46.1 Å². The number of nitrogens with zero attached hydrogens (tertiary/aromatic N) is 1. The van der Waals surface area contributed by atoms with Crippen LogP contribution < -0.4 is 0 Å². The van der Waals surface area contributed by atoms with Gasteiger partial charge in [-0.3, -0.25) is 4.98 Å². The van der Waals surface area contributed by atoms with Gasteiger partial charge in [0.2, 0.25) is 0 Å². The second-order valence-corrected chi connectivity index (χ2v) is 4.53. The molecule has 0 aliphatic rings. The monoisotopic (exact) mass is 307 g/mol. The molecule has 0 amide bonds. The third kappa shape index (κ3) is 2.93. The minimum atomic E-state index is -4.55. The Hall–Kier alpha value is -1.46. The topological polar surface area (TPSA) is 33.1 Å². The molecule has 1 heterocycles. The van der Waals surface area contributed by atoms with Crippen molar-refractivity contribution in [2.45, 2.75) is 6.18 Å². The van der Waals surface area contributed by atoms with Gasteiger partial charge in [-0.1, -0.05) is 29.3 Å². The maximum Gasteiger partial charge on any atom is 0.418 e. The van der Waals surface area contributed by atoms with E-state index in [0.29, 0.717) is 22.8 Å². The van der Waals surface area contributed by atoms with E-state index in [1.807, 2.05) is 0 Å². The van der Waals surface area contributed by atoms with Gasteiger partial charge in [-0.25, -0.2) is 0 Å². The molecular weight excluding hydrogens is 302 g/mol. The second-order valence-electron chi connectivity index (χ2n) is 3.72. The van der Waals surface area contributed by atoms with Crippen molar-refractivity contribution in [2.75, 3.05) is 0 Å². The normalized spacial score (nSPS) is 11.6. The van der Waals surface area contributed by atoms with Gasteiger partial charge in [-0.05, 0) is 18.2 Å². The van der Waals surface area contributed by atoms with Crippen LogP contribution in [0.1, 0.15) is 5.56 Å². The van der Waals surface area contributed by atoms with Crippen LogP contribution in [-0.4, -0.2) is 10.1 Å². The van der Waals surface area contributed by atoms with Gasteiger partial charge in [0.1, 0.15) is 11.4 Å². The zero-order valence-electron chi connectivity index (χ0n) is 9.17. The Bertz CT molecular complexity index is 629. The molecule has 0 unspecified atom stereocenters. The molecule has 0 bridgehead atoms. The van der Waals surface area contributed by atoms with E-state index < -0.39 is 17.5 Å². The van der Waals surface area contributed by atoms with Gasteiger partial charge in [0.25, 0.3) is 0 Å². The molecule has 2 aromatic rings. The standard InChI is InChI=1S/C12H6Cl2F3NO/c13-8-2-1-6(3-9(8)14)11-10(19)4-7(5-18-11)12(15,16)17/h1-5,19H. The highest BCUT2D eigenvalue weighted by atomic mass is 35.5. The van der Waals surface area contributed by atoms with E-state index in [1.54, 1.807) is 0 Å². The summed E-state index contributed by atoms with van der Waals surface area (Å²) in [6.07, 6.45) is -3.90. The number of aromatic nitrogens is 1. The fourth-order valence-electron chi connectivity index (χ4n) is 1.47. The molecule has 0 saturated heterocycles. The summed E-state index contributed by atoms with van der Waals surface area (Å²) in [5.74, 6) is -0.576. The number of pyridine rings is 1. The highest BCUT2D eigenvalue weighted by Gasteiger charge is 2.31. The zero-order chi connectivity index (χ0) is 14.2. The summed E-state index contributed by atoms with van der Waals surface area (Å²) in [7, 11) is 0. The fraction of sp³-hybridized carbons (Fsp3) is 0.0833. The summed E-state index contributed by atoms with van der Waals surface area (Å²) < 4.78 is 37.3. The predicted molar refractivity (Wildman–Crippen MR) is 66.4 cm³/mol. The Morgan fingerprint density at radius 3 is 2.26 bits per heavy atom. The average molecular weight is 308 g/mol. The van der Waals surface area contributed by atoms with Crippen LogP contribution in [-0.2, 0) is 6.18 Å². The van der Waals surface area contributed by atoms with Gasteiger partial charge >= 0.3 is 6.18 Å². The minimum Gasteiger partial charge on any atom is -0.506 e. The second kappa shape index (κ2) is 4.90. The molecule has 19 heavy (non-hydrogen) atoms. The van der Waals surface area contributed by atoms with Crippen molar-refractivity contribution >= 4 is 23.2 Å². The molecule has 0 spiro atoms. The van der Waals surface area contributed by atoms with Crippen molar-refractivity contribution in [1.29, 1.82) is 0 Å². The van der Waals surface area contributed by atoms with Crippen LogP contribution >= 0.6 is 23.2 Å². The summed E-state index contributed by atoms with van der Waals surface area (Å²) in [5.41, 5.74) is -0.638. The Morgan fingerprint density at radius 1 is 1.05 bits per heavy atom. The number of hydrogen-bond acceptors (Lipinski definition) is 2. The van der Waals surface area contributed by atoms with Gasteiger partial charge in [0, 0.05) is 11.8 Å². The first kappa shape index (κ1) is 14.0. The lowest BCUT2D eigenvalue weighted by atomic mass is 10.1. The Labute approximate surface area is 116 Å². The van der Waals surface area contributed by atoms with E-state index >= 15 is 0 Å². The van der Waals surface area contributed by atoms with Crippen molar-refractivity contribution in [3.8, 4) is 17.0 Å². The molecule has 0 saturated carbocycles. The Morgan fingerprint density at radius 2 is 1.74 bits per heavy atom. The van der Waals surface area contributed by atoms with Gasteiger partial charge < -0.3 is 5.11 Å². The summed E-state index contributed by atoms with van der Waals surface area (Å²) in [4.78, 5) is 3.61. The third-order valence-corrected chi connectivity index (χ3v) is 3.13. The van der Waals surface area contributed by atoms with Crippen LogP contribution in [0.3, 0.4) is 0 Å². The minimum absolute atomic E-state index is 0.00608. The van der Waals surface area contributed by atoms with Gasteiger partial charge in [0.15, 0.2) is 0 Å². The molecule has 1 N–H and O–H groups in total. The maximum absolute atomic E-state index is 12.4. The van der Waals surface area contributed by atoms with Gasteiger partial charge in [-0.2, -0.15) is 13.2 Å². The molecule has 100 valence electrons. The SMILES string of the molecule is Oc1cc(C(F)(F)F)cnc1-c1ccc(Cl)c(Cl)c1. The lowest BCUT2D eigenvalue weighted by Crippen LogP contribution is -2.05. The van der Waals surface area contributed by atoms with Crippen LogP contribution in [0.25, 0.3) is 11.3 Å². The smallest absolute Gasteiger partial charge is 0.418 e. The maximum atomic E-state index is 12.4. The zero-order valence-corrected chi connectivity index (χ0v) is 10.7. The van der Waals surface area contributed by atoms with Crippen molar-refractivity contribution in [3.63, 3.8) is 0 Å². The fourth-order valence-corrected chi connectivity index (χ4v) is 1.77. The number of alkyl halides is 3. The van der Waals surface area contributed by atoms with Crippen molar-refractivity contribution in [1.82, 2.24) is 4.98 Å². The predicted octanol–water partition coefficient (Wildman–Crippen LogP) is 4.78. The Balaban J connectivity index is 2.49. The van der Waals surface area contributed by atoms with Crippen LogP contribution in [0.5, 0.6) is 5.75 Å². The summed E-state index contributed by atoms with van der Waals surface area (Å²) in [6, 6.07) is 5.01. The molecule has 7 heteroatoms. The molecule has 0 aliphatic carbocycles. The summed E-state index contributed by atoms with van der Waals surface area (Å²) in [5, 5.41) is 10.2. The lowest BCUT2D eigenvalue weighted by molar-refractivity contribution is -0.137. The molecule has 0 atom stereocenters. The molecule has 2 rings (SSSR count). The molecule has 0 radical (unpaired) electrons. The first-order chi connectivity index (χ1) is 8.79. The van der Waals surface area contributed by atoms with E-state index in [1.165, 1.54) is 18.2 Å². The lowest BCUT2D eigenvalue weighted by Gasteiger charge is -2.09. The highest BCUT2D eigenvalue weighted by molar-refractivity contribution is 6.42. The van der Waals surface area contributed by atoms with Crippen molar-refractivity contribution in [2.24, 2.45) is 0 Å². The number of aromatic hydroxyl groups is 1. The third-order valence-electron chi connectivity index (χ3n) is 2.39. The van der Waals surface area contributed by atoms with Crippen molar-refractivity contribution < 1.29 is 18.3 Å². The van der Waals surface area contributed by atoms with E-state index in [-0.39, 0.29) is 10.7 Å². The molecular formula is C12H6Cl2F3NO. The van der Waals surface area contributed by atoms with E-state index in [4.69, 9.17) is 23.2 Å². The van der Waals surface area contributed by atoms with E-state index in [0.717, 1.165) is 0 Å². The van der Waals surface area contributed by atoms with Crippen LogP contribution in [0.2, 0.25) is 10.0 Å². The number of benzene rings is 1. The first-order valence-corrected chi connectivity index (χ1v) is 5.76. The van der Waals surface area contributed by atoms with E-state index in [2.05, 4.69) is 4.98 Å². The molecule has 1 aromatic heterocycles. The van der Waals surface area contributed by atoms with Crippen LogP contribution in [0.15, 0.2) is 30.5 Å². The first-order valence-electron chi connectivity index (χ1n) is 5.00. The van der Waals surface area contributed by atoms with E-state index in [9.17, 15) is 18.3 Å².